The molecule has 6 nitrogen and oxygen atoms in total. The van der Waals surface area contributed by atoms with Crippen LogP contribution in [0.1, 0.15) is 29.6 Å². The normalized spacial score (nSPS) is 18.4. The van der Waals surface area contributed by atoms with Crippen molar-refractivity contribution >= 4 is 32.6 Å². The van der Waals surface area contributed by atoms with Crippen LogP contribution in [0.5, 0.6) is 0 Å². The number of carbonyl (C=O) groups excluding carboxylic acids is 1. The number of amides is 1. The predicted octanol–water partition coefficient (Wildman–Crippen LogP) is 4.73. The van der Waals surface area contributed by atoms with Gasteiger partial charge in [0, 0.05) is 25.5 Å². The maximum absolute atomic E-state index is 13.5. The highest BCUT2D eigenvalue weighted by Crippen LogP contribution is 2.32. The van der Waals surface area contributed by atoms with Crippen molar-refractivity contribution in [3.8, 4) is 5.69 Å². The van der Waals surface area contributed by atoms with E-state index in [1.165, 1.54) is 23.5 Å². The minimum atomic E-state index is -0.261. The molecule has 2 unspecified atom stereocenters. The lowest BCUT2D eigenvalue weighted by Crippen LogP contribution is -2.44. The van der Waals surface area contributed by atoms with Crippen LogP contribution in [0, 0.1) is 5.82 Å². The quantitative estimate of drug-likeness (QED) is 0.492. The molecule has 2 heterocycles. The number of benzene rings is 2. The van der Waals surface area contributed by atoms with E-state index < -0.39 is 0 Å². The molecule has 158 valence electrons. The molecule has 0 saturated heterocycles. The van der Waals surface area contributed by atoms with Crippen LogP contribution in [0.3, 0.4) is 0 Å². The van der Waals surface area contributed by atoms with Gasteiger partial charge in [-0.3, -0.25) is 4.79 Å². The maximum Gasteiger partial charge on any atom is 0.256 e. The molecular formula is C23H22FN5OS. The van der Waals surface area contributed by atoms with E-state index in [0.717, 1.165) is 40.3 Å². The van der Waals surface area contributed by atoms with Gasteiger partial charge in [-0.2, -0.15) is 5.10 Å². The Labute approximate surface area is 183 Å². The highest BCUT2D eigenvalue weighted by Gasteiger charge is 2.34. The smallest absolute Gasteiger partial charge is 0.256 e. The lowest BCUT2D eigenvalue weighted by atomic mass is 10.1. The van der Waals surface area contributed by atoms with Crippen LogP contribution >= 0.6 is 11.3 Å². The molecular weight excluding hydrogens is 413 g/mol. The summed E-state index contributed by atoms with van der Waals surface area (Å²) in [5.41, 5.74) is 2.16. The van der Waals surface area contributed by atoms with Crippen LogP contribution in [-0.2, 0) is 0 Å². The maximum atomic E-state index is 13.5. The standard InChI is InChI=1S/C23H22FN5OS/c1-28(22(30)16-6-2-3-8-19(16)29-13-5-12-25-29)20-9-4-7-17(20)26-23-27-18-11-10-15(24)14-21(18)31-23/h2-3,5-6,8,10-14,17,20H,4,7,9H2,1H3,(H,26,27). The van der Waals surface area contributed by atoms with Crippen molar-refractivity contribution in [1.29, 1.82) is 0 Å². The minimum Gasteiger partial charge on any atom is -0.357 e. The zero-order valence-electron chi connectivity index (χ0n) is 17.0. The Balaban J connectivity index is 1.37. The highest BCUT2D eigenvalue weighted by molar-refractivity contribution is 7.22. The first-order valence-electron chi connectivity index (χ1n) is 10.3. The SMILES string of the molecule is CN(C(=O)c1ccccc1-n1cccn1)C1CCCC1Nc1nc2ccc(F)cc2s1. The van der Waals surface area contributed by atoms with E-state index in [9.17, 15) is 9.18 Å². The zero-order chi connectivity index (χ0) is 21.4. The Bertz CT molecular complexity index is 1220. The largest absolute Gasteiger partial charge is 0.357 e. The van der Waals surface area contributed by atoms with E-state index in [4.69, 9.17) is 0 Å². The first kappa shape index (κ1) is 19.7. The van der Waals surface area contributed by atoms with Gasteiger partial charge in [0.2, 0.25) is 0 Å². The molecule has 2 aromatic carbocycles. The molecule has 1 fully saturated rings. The van der Waals surface area contributed by atoms with Gasteiger partial charge in [-0.05, 0) is 55.7 Å². The molecule has 1 aliphatic carbocycles. The van der Waals surface area contributed by atoms with Crippen LogP contribution in [0.4, 0.5) is 9.52 Å². The molecule has 0 spiro atoms. The van der Waals surface area contributed by atoms with Crippen LogP contribution in [0.2, 0.25) is 0 Å². The first-order chi connectivity index (χ1) is 15.1. The Morgan fingerprint density at radius 1 is 1.23 bits per heavy atom. The molecule has 0 radical (unpaired) electrons. The second-order valence-corrected chi connectivity index (χ2v) is 8.79. The lowest BCUT2D eigenvalue weighted by Gasteiger charge is -2.30. The molecule has 1 amide bonds. The van der Waals surface area contributed by atoms with Crippen LogP contribution in [0.25, 0.3) is 15.9 Å². The molecule has 1 aliphatic rings. The number of aromatic nitrogens is 3. The van der Waals surface area contributed by atoms with Crippen LogP contribution in [0.15, 0.2) is 60.9 Å². The topological polar surface area (TPSA) is 63.1 Å². The van der Waals surface area contributed by atoms with Gasteiger partial charge in [0.1, 0.15) is 5.82 Å². The van der Waals surface area contributed by atoms with Gasteiger partial charge in [-0.1, -0.05) is 23.5 Å². The van der Waals surface area contributed by atoms with Gasteiger partial charge in [0.05, 0.1) is 27.5 Å². The summed E-state index contributed by atoms with van der Waals surface area (Å²) in [6.07, 6.45) is 6.44. The fourth-order valence-corrected chi connectivity index (χ4v) is 5.25. The third-order valence-corrected chi connectivity index (χ3v) is 6.79. The third kappa shape index (κ3) is 3.79. The van der Waals surface area contributed by atoms with Crippen molar-refractivity contribution < 1.29 is 9.18 Å². The van der Waals surface area contributed by atoms with Gasteiger partial charge >= 0.3 is 0 Å². The van der Waals surface area contributed by atoms with E-state index in [2.05, 4.69) is 15.4 Å². The number of hydrogen-bond acceptors (Lipinski definition) is 5. The summed E-state index contributed by atoms with van der Waals surface area (Å²) >= 11 is 1.44. The molecule has 1 N–H and O–H groups in total. The monoisotopic (exact) mass is 435 g/mol. The van der Waals surface area contributed by atoms with Gasteiger partial charge in [0.25, 0.3) is 5.91 Å². The number of rotatable bonds is 5. The molecule has 0 aliphatic heterocycles. The van der Waals surface area contributed by atoms with E-state index in [0.29, 0.717) is 5.56 Å². The molecule has 2 atom stereocenters. The number of para-hydroxylation sites is 1. The summed E-state index contributed by atoms with van der Waals surface area (Å²) in [6, 6.07) is 14.1. The molecule has 5 rings (SSSR count). The van der Waals surface area contributed by atoms with Gasteiger partial charge in [0.15, 0.2) is 5.13 Å². The minimum absolute atomic E-state index is 0.0313. The number of likely N-dealkylation sites (N-methyl/N-ethyl adjacent to an activating group) is 1. The molecule has 0 bridgehead atoms. The van der Waals surface area contributed by atoms with Crippen LogP contribution < -0.4 is 5.32 Å². The van der Waals surface area contributed by atoms with Gasteiger partial charge in [-0.25, -0.2) is 14.1 Å². The van der Waals surface area contributed by atoms with Crippen molar-refractivity contribution in [2.45, 2.75) is 31.3 Å². The Morgan fingerprint density at radius 2 is 2.10 bits per heavy atom. The highest BCUT2D eigenvalue weighted by atomic mass is 32.1. The number of fused-ring (bicyclic) bond motifs is 1. The van der Waals surface area contributed by atoms with Gasteiger partial charge in [-0.15, -0.1) is 0 Å². The van der Waals surface area contributed by atoms with E-state index >= 15 is 0 Å². The number of nitrogens with zero attached hydrogens (tertiary/aromatic N) is 4. The molecule has 4 aromatic rings. The average Bonchev–Trinajstić information content (AvgIpc) is 3.53. The zero-order valence-corrected chi connectivity index (χ0v) is 17.8. The van der Waals surface area contributed by atoms with Crippen molar-refractivity contribution in [3.63, 3.8) is 0 Å². The van der Waals surface area contributed by atoms with Crippen molar-refractivity contribution in [2.24, 2.45) is 0 Å². The predicted molar refractivity (Wildman–Crippen MR) is 120 cm³/mol. The Morgan fingerprint density at radius 3 is 2.94 bits per heavy atom. The Kier molecular flexibility index (Phi) is 5.15. The van der Waals surface area contributed by atoms with Crippen molar-refractivity contribution in [1.82, 2.24) is 19.7 Å². The van der Waals surface area contributed by atoms with Gasteiger partial charge < -0.3 is 10.2 Å². The van der Waals surface area contributed by atoms with Crippen molar-refractivity contribution in [2.75, 3.05) is 12.4 Å². The second kappa shape index (κ2) is 8.11. The summed E-state index contributed by atoms with van der Waals surface area (Å²) in [5, 5.41) is 8.55. The number of thiazole rings is 1. The average molecular weight is 436 g/mol. The summed E-state index contributed by atoms with van der Waals surface area (Å²) in [5.74, 6) is -0.293. The number of hydrogen-bond donors (Lipinski definition) is 1. The molecule has 2 aromatic heterocycles. The summed E-state index contributed by atoms with van der Waals surface area (Å²) in [7, 11) is 1.86. The number of nitrogens with one attached hydrogen (secondary N) is 1. The first-order valence-corrected chi connectivity index (χ1v) is 11.1. The number of anilines is 1. The Hall–Kier alpha value is -3.26. The lowest BCUT2D eigenvalue weighted by molar-refractivity contribution is 0.0727. The molecule has 1 saturated carbocycles. The van der Waals surface area contributed by atoms with E-state index in [1.807, 2.05) is 48.5 Å². The second-order valence-electron chi connectivity index (χ2n) is 7.76. The third-order valence-electron chi connectivity index (χ3n) is 5.84. The number of carbonyl (C=O) groups is 1. The van der Waals surface area contributed by atoms with Crippen LogP contribution in [-0.4, -0.2) is 44.7 Å². The van der Waals surface area contributed by atoms with E-state index in [-0.39, 0.29) is 23.8 Å². The number of halogens is 1. The fraction of sp³-hybridized carbons (Fsp3) is 0.261. The summed E-state index contributed by atoms with van der Waals surface area (Å²) < 4.78 is 16.0. The summed E-state index contributed by atoms with van der Waals surface area (Å²) in [6.45, 7) is 0. The fourth-order valence-electron chi connectivity index (χ4n) is 4.30. The summed E-state index contributed by atoms with van der Waals surface area (Å²) in [4.78, 5) is 19.8. The van der Waals surface area contributed by atoms with E-state index in [1.54, 1.807) is 16.9 Å². The molecule has 8 heteroatoms. The molecule has 31 heavy (non-hydrogen) atoms. The van der Waals surface area contributed by atoms with Crippen molar-refractivity contribution in [3.05, 3.63) is 72.3 Å².